The molecule has 2 aliphatic rings. The maximum atomic E-state index is 13.3. The van der Waals surface area contributed by atoms with Gasteiger partial charge in [0.15, 0.2) is 0 Å². The van der Waals surface area contributed by atoms with Crippen LogP contribution in [0.5, 0.6) is 0 Å². The standard InChI is InChI=1S/C25H22ClN5O4S/c26-17-4-9-20-16(13-17)14-22(27-20)25(33)28-21-10-12-30-23(21)15-31(36(30,34)35)19-7-5-18(6-8-19)29-11-2-1-3-24(29)32/h1-9,11,13-14,21,23,27H,10,12,15H2,(H,28,33)/t21-,23-/m1/s1. The van der Waals surface area contributed by atoms with Crippen LogP contribution in [0.3, 0.4) is 0 Å². The average molecular weight is 524 g/mol. The Labute approximate surface area is 212 Å². The Kier molecular flexibility index (Phi) is 5.40. The number of carbonyl (C=O) groups excluding carboxylic acids is 1. The van der Waals surface area contributed by atoms with Crippen molar-refractivity contribution in [3.05, 3.63) is 94.0 Å². The number of nitrogens with zero attached hydrogens (tertiary/aromatic N) is 3. The molecule has 2 atom stereocenters. The molecule has 184 valence electrons. The van der Waals surface area contributed by atoms with Gasteiger partial charge in [-0.15, -0.1) is 0 Å². The van der Waals surface area contributed by atoms with Crippen molar-refractivity contribution in [1.82, 2.24) is 19.2 Å². The van der Waals surface area contributed by atoms with Gasteiger partial charge in [-0.25, -0.2) is 0 Å². The first-order chi connectivity index (χ1) is 17.3. The van der Waals surface area contributed by atoms with Crippen LogP contribution >= 0.6 is 11.6 Å². The fraction of sp³-hybridized carbons (Fsp3) is 0.200. The Hall–Kier alpha value is -3.60. The maximum Gasteiger partial charge on any atom is 0.304 e. The topological polar surface area (TPSA) is 108 Å². The first-order valence-electron chi connectivity index (χ1n) is 11.5. The van der Waals surface area contributed by atoms with Crippen molar-refractivity contribution in [2.75, 3.05) is 17.4 Å². The summed E-state index contributed by atoms with van der Waals surface area (Å²) in [5, 5.41) is 4.43. The third-order valence-electron chi connectivity index (χ3n) is 6.80. The minimum absolute atomic E-state index is 0.170. The van der Waals surface area contributed by atoms with Gasteiger partial charge in [0, 0.05) is 46.5 Å². The Morgan fingerprint density at radius 1 is 1.03 bits per heavy atom. The van der Waals surface area contributed by atoms with Crippen LogP contribution in [0.4, 0.5) is 5.69 Å². The lowest BCUT2D eigenvalue weighted by Crippen LogP contribution is -2.44. The summed E-state index contributed by atoms with van der Waals surface area (Å²) in [6.45, 7) is 0.550. The highest BCUT2D eigenvalue weighted by atomic mass is 35.5. The summed E-state index contributed by atoms with van der Waals surface area (Å²) >= 11 is 6.05. The molecule has 2 N–H and O–H groups in total. The maximum absolute atomic E-state index is 13.3. The third-order valence-corrected chi connectivity index (χ3v) is 9.00. The third kappa shape index (κ3) is 3.78. The van der Waals surface area contributed by atoms with Crippen LogP contribution in [0, 0.1) is 0 Å². The minimum Gasteiger partial charge on any atom is -0.351 e. The monoisotopic (exact) mass is 523 g/mol. The highest BCUT2D eigenvalue weighted by Gasteiger charge is 2.51. The Balaban J connectivity index is 1.21. The lowest BCUT2D eigenvalue weighted by molar-refractivity contribution is 0.0928. The predicted octanol–water partition coefficient (Wildman–Crippen LogP) is 2.91. The van der Waals surface area contributed by atoms with Gasteiger partial charge in [0.2, 0.25) is 0 Å². The number of H-pyrrole nitrogens is 1. The number of hydrogen-bond donors (Lipinski definition) is 2. The summed E-state index contributed by atoms with van der Waals surface area (Å²) in [6, 6.07) is 18.1. The molecule has 2 aromatic heterocycles. The molecule has 6 rings (SSSR count). The highest BCUT2D eigenvalue weighted by molar-refractivity contribution is 7.90. The zero-order chi connectivity index (χ0) is 25.0. The average Bonchev–Trinajstić information content (AvgIpc) is 3.53. The normalized spacial score (nSPS) is 21.1. The largest absolute Gasteiger partial charge is 0.351 e. The molecular weight excluding hydrogens is 502 g/mol. The van der Waals surface area contributed by atoms with E-state index >= 15 is 0 Å². The smallest absolute Gasteiger partial charge is 0.304 e. The van der Waals surface area contributed by atoms with Gasteiger partial charge in [-0.2, -0.15) is 12.7 Å². The first kappa shape index (κ1) is 22.8. The molecule has 0 aliphatic carbocycles. The van der Waals surface area contributed by atoms with Crippen LogP contribution in [0.15, 0.2) is 77.7 Å². The first-order valence-corrected chi connectivity index (χ1v) is 13.3. The van der Waals surface area contributed by atoms with Crippen molar-refractivity contribution < 1.29 is 13.2 Å². The molecule has 0 radical (unpaired) electrons. The summed E-state index contributed by atoms with van der Waals surface area (Å²) in [7, 11) is -3.74. The van der Waals surface area contributed by atoms with Crippen LogP contribution in [-0.2, 0) is 10.2 Å². The van der Waals surface area contributed by atoms with Gasteiger partial charge in [-0.3, -0.25) is 18.5 Å². The van der Waals surface area contributed by atoms with E-state index in [9.17, 15) is 18.0 Å². The minimum atomic E-state index is -3.74. The number of nitrogens with one attached hydrogen (secondary N) is 2. The highest BCUT2D eigenvalue weighted by Crippen LogP contribution is 2.35. The molecule has 4 heterocycles. The number of pyridine rings is 1. The van der Waals surface area contributed by atoms with Gasteiger partial charge in [0.25, 0.3) is 11.5 Å². The summed E-state index contributed by atoms with van der Waals surface area (Å²) in [6.07, 6.45) is 2.19. The number of rotatable bonds is 4. The Morgan fingerprint density at radius 2 is 1.81 bits per heavy atom. The van der Waals surface area contributed by atoms with E-state index in [0.717, 1.165) is 10.9 Å². The van der Waals surface area contributed by atoms with Crippen LogP contribution in [-0.4, -0.2) is 53.4 Å². The lowest BCUT2D eigenvalue weighted by atomic mass is 10.1. The molecule has 4 aromatic rings. The van der Waals surface area contributed by atoms with Crippen molar-refractivity contribution in [1.29, 1.82) is 0 Å². The van der Waals surface area contributed by atoms with E-state index in [4.69, 9.17) is 11.6 Å². The lowest BCUT2D eigenvalue weighted by Gasteiger charge is -2.20. The Morgan fingerprint density at radius 3 is 2.58 bits per heavy atom. The van der Waals surface area contributed by atoms with Crippen molar-refractivity contribution in [3.63, 3.8) is 0 Å². The van der Waals surface area contributed by atoms with E-state index in [2.05, 4.69) is 10.3 Å². The SMILES string of the molecule is O=C(N[C@@H]1CCN2[C@@H]1CN(c1ccc(-n3ccccc3=O)cc1)S2(=O)=O)c1cc2cc(Cl)ccc2[nH]1. The van der Waals surface area contributed by atoms with E-state index in [1.54, 1.807) is 60.8 Å². The molecule has 2 saturated heterocycles. The van der Waals surface area contributed by atoms with Crippen molar-refractivity contribution >= 4 is 44.3 Å². The molecule has 11 heteroatoms. The van der Waals surface area contributed by atoms with Crippen molar-refractivity contribution in [2.24, 2.45) is 0 Å². The Bertz CT molecular complexity index is 1650. The molecule has 0 unspecified atom stereocenters. The van der Waals surface area contributed by atoms with Gasteiger partial charge in [0.1, 0.15) is 5.69 Å². The van der Waals surface area contributed by atoms with Gasteiger partial charge < -0.3 is 10.3 Å². The number of benzene rings is 2. The van der Waals surface area contributed by atoms with E-state index in [0.29, 0.717) is 35.1 Å². The number of halogens is 1. The van der Waals surface area contributed by atoms with Gasteiger partial charge in [-0.05, 0) is 61.0 Å². The molecule has 0 bridgehead atoms. The summed E-state index contributed by atoms with van der Waals surface area (Å²) in [4.78, 5) is 28.2. The van der Waals surface area contributed by atoms with Gasteiger partial charge >= 0.3 is 10.2 Å². The van der Waals surface area contributed by atoms with Crippen LogP contribution in [0.2, 0.25) is 5.02 Å². The van der Waals surface area contributed by atoms with Crippen LogP contribution in [0.25, 0.3) is 16.6 Å². The number of carbonyl (C=O) groups is 1. The molecule has 2 aliphatic heterocycles. The molecule has 2 aromatic carbocycles. The number of amides is 1. The number of aromatic amines is 1. The van der Waals surface area contributed by atoms with Gasteiger partial charge in [-0.1, -0.05) is 17.7 Å². The zero-order valence-corrected chi connectivity index (χ0v) is 20.5. The molecule has 0 spiro atoms. The summed E-state index contributed by atoms with van der Waals surface area (Å²) in [5.41, 5.74) is 2.18. The van der Waals surface area contributed by atoms with E-state index in [1.165, 1.54) is 19.2 Å². The van der Waals surface area contributed by atoms with Crippen molar-refractivity contribution in [2.45, 2.75) is 18.5 Å². The zero-order valence-electron chi connectivity index (χ0n) is 19.0. The second-order valence-electron chi connectivity index (χ2n) is 8.93. The fourth-order valence-electron chi connectivity index (χ4n) is 5.02. The van der Waals surface area contributed by atoms with E-state index in [-0.39, 0.29) is 30.1 Å². The summed E-state index contributed by atoms with van der Waals surface area (Å²) < 4.78 is 30.9. The second-order valence-corrected chi connectivity index (χ2v) is 11.2. The van der Waals surface area contributed by atoms with Crippen LogP contribution < -0.4 is 15.2 Å². The fourth-order valence-corrected chi connectivity index (χ4v) is 7.07. The van der Waals surface area contributed by atoms with Gasteiger partial charge in [0.05, 0.1) is 18.3 Å². The number of aromatic nitrogens is 2. The molecule has 2 fully saturated rings. The molecule has 36 heavy (non-hydrogen) atoms. The second kappa shape index (κ2) is 8.51. The predicted molar refractivity (Wildman–Crippen MR) is 138 cm³/mol. The molecule has 1 amide bonds. The molecule has 9 nitrogen and oxygen atoms in total. The number of fused-ring (bicyclic) bond motifs is 2. The quantitative estimate of drug-likeness (QED) is 0.429. The van der Waals surface area contributed by atoms with E-state index in [1.807, 2.05) is 6.07 Å². The number of anilines is 1. The molecule has 0 saturated carbocycles. The molecular formula is C25H22ClN5O4S. The van der Waals surface area contributed by atoms with Crippen molar-refractivity contribution in [3.8, 4) is 5.69 Å². The summed E-state index contributed by atoms with van der Waals surface area (Å²) in [5.74, 6) is -0.289. The van der Waals surface area contributed by atoms with E-state index < -0.39 is 10.2 Å². The number of hydrogen-bond acceptors (Lipinski definition) is 4. The van der Waals surface area contributed by atoms with Crippen LogP contribution in [0.1, 0.15) is 16.9 Å².